The van der Waals surface area contributed by atoms with Crippen LogP contribution in [0.25, 0.3) is 23.3 Å². The molecule has 40 heavy (non-hydrogen) atoms. The molecular weight excluding hydrogens is 496 g/mol. The molecule has 0 aliphatic heterocycles. The summed E-state index contributed by atoms with van der Waals surface area (Å²) < 4.78 is 0. The van der Waals surface area contributed by atoms with Gasteiger partial charge in [-0.05, 0) is 52.0 Å². The number of Topliss-reactive ketones (excluding diaryl/α,β-unsaturated/α-hetero) is 4. The van der Waals surface area contributed by atoms with Gasteiger partial charge >= 0.3 is 0 Å². The number of hydrogen-bond acceptors (Lipinski definition) is 4. The van der Waals surface area contributed by atoms with Gasteiger partial charge in [0.1, 0.15) is 0 Å². The van der Waals surface area contributed by atoms with E-state index < -0.39 is 0 Å². The van der Waals surface area contributed by atoms with Crippen molar-refractivity contribution in [1.29, 1.82) is 0 Å². The molecule has 4 heteroatoms. The molecule has 0 bridgehead atoms. The van der Waals surface area contributed by atoms with Crippen LogP contribution < -0.4 is 0 Å². The van der Waals surface area contributed by atoms with Gasteiger partial charge in [0.2, 0.25) is 0 Å². The first kappa shape index (κ1) is 24.1. The van der Waals surface area contributed by atoms with Crippen LogP contribution in [0.15, 0.2) is 96.1 Å². The van der Waals surface area contributed by atoms with Gasteiger partial charge in [0.25, 0.3) is 0 Å². The number of rotatable bonds is 3. The highest BCUT2D eigenvalue weighted by molar-refractivity contribution is 6.42. The average molecular weight is 521 g/mol. The maximum Gasteiger partial charge on any atom is 0.197 e. The minimum atomic E-state index is -0.326. The van der Waals surface area contributed by atoms with Gasteiger partial charge in [-0.25, -0.2) is 0 Å². The molecule has 0 fully saturated rings. The van der Waals surface area contributed by atoms with Gasteiger partial charge in [-0.3, -0.25) is 19.2 Å². The van der Waals surface area contributed by atoms with Crippen LogP contribution in [-0.2, 0) is 5.41 Å². The van der Waals surface area contributed by atoms with Gasteiger partial charge in [0, 0.05) is 27.7 Å². The lowest BCUT2D eigenvalue weighted by Gasteiger charge is -2.26. The van der Waals surface area contributed by atoms with Gasteiger partial charge < -0.3 is 0 Å². The molecule has 0 saturated carbocycles. The largest absolute Gasteiger partial charge is 0.288 e. The lowest BCUT2D eigenvalue weighted by Crippen LogP contribution is -2.19. The summed E-state index contributed by atoms with van der Waals surface area (Å²) in [6, 6.07) is 26.0. The Morgan fingerprint density at radius 1 is 0.525 bits per heavy atom. The number of fused-ring (bicyclic) bond motifs is 5. The molecule has 0 radical (unpaired) electrons. The van der Waals surface area contributed by atoms with Crippen molar-refractivity contribution >= 4 is 35.3 Å². The van der Waals surface area contributed by atoms with Crippen molar-refractivity contribution in [2.24, 2.45) is 0 Å². The second-order valence-corrected chi connectivity index (χ2v) is 10.8. The normalized spacial score (nSPS) is 16.1. The van der Waals surface area contributed by atoms with Crippen molar-refractivity contribution in [2.45, 2.75) is 25.7 Å². The van der Waals surface area contributed by atoms with Crippen molar-refractivity contribution in [3.05, 3.63) is 141 Å². The maximum atomic E-state index is 13.0. The van der Waals surface area contributed by atoms with Crippen LogP contribution in [0.4, 0.5) is 0 Å². The predicted molar refractivity (Wildman–Crippen MR) is 155 cm³/mol. The third-order valence-electron chi connectivity index (χ3n) is 8.71. The summed E-state index contributed by atoms with van der Waals surface area (Å²) in [5.74, 6) is -0.950. The van der Waals surface area contributed by atoms with Gasteiger partial charge in [-0.2, -0.15) is 0 Å². The number of benzene rings is 4. The molecule has 0 saturated heterocycles. The van der Waals surface area contributed by atoms with Gasteiger partial charge in [0.05, 0.1) is 11.1 Å². The van der Waals surface area contributed by atoms with Crippen LogP contribution in [0, 0.1) is 0 Å². The van der Waals surface area contributed by atoms with E-state index in [9.17, 15) is 19.2 Å². The van der Waals surface area contributed by atoms with Crippen molar-refractivity contribution in [2.75, 3.05) is 0 Å². The quantitative estimate of drug-likeness (QED) is 0.210. The van der Waals surface area contributed by atoms with Crippen LogP contribution in [-0.4, -0.2) is 23.1 Å². The third kappa shape index (κ3) is 3.26. The Kier molecular flexibility index (Phi) is 5.13. The third-order valence-corrected chi connectivity index (χ3v) is 8.71. The van der Waals surface area contributed by atoms with E-state index in [0.29, 0.717) is 22.3 Å². The Labute approximate surface area is 231 Å². The van der Waals surface area contributed by atoms with Gasteiger partial charge in [-0.1, -0.05) is 98.8 Å². The van der Waals surface area contributed by atoms with Gasteiger partial charge in [0.15, 0.2) is 23.1 Å². The Balaban J connectivity index is 1.28. The standard InChI is InChI=1S/C36H24O4/c1-3-36(2)30-18-20(16-28-32(37)24-8-4-5-9-25(24)33(28)38)12-14-22(30)23-15-13-21(19-31(23)36)17-29-34(39)26-10-6-7-11-27(26)35(29)40/h4-19H,3H2,1-2H3. The van der Waals surface area contributed by atoms with E-state index in [-0.39, 0.29) is 39.7 Å². The Morgan fingerprint density at radius 2 is 0.875 bits per heavy atom. The molecule has 0 unspecified atom stereocenters. The van der Waals surface area contributed by atoms with E-state index in [1.807, 2.05) is 12.1 Å². The average Bonchev–Trinajstić information content (AvgIpc) is 3.48. The molecule has 3 aliphatic carbocycles. The number of ketones is 4. The zero-order valence-corrected chi connectivity index (χ0v) is 22.1. The van der Waals surface area contributed by atoms with Crippen molar-refractivity contribution in [3.8, 4) is 11.1 Å². The lowest BCUT2D eigenvalue weighted by molar-refractivity contribution is 0.0975. The molecule has 0 heterocycles. The molecular formula is C36H24O4. The first-order chi connectivity index (χ1) is 19.3. The molecule has 0 spiro atoms. The first-order valence-electron chi connectivity index (χ1n) is 13.4. The zero-order chi connectivity index (χ0) is 27.8. The van der Waals surface area contributed by atoms with E-state index >= 15 is 0 Å². The molecule has 0 aromatic heterocycles. The highest BCUT2D eigenvalue weighted by Gasteiger charge is 2.39. The summed E-state index contributed by atoms with van der Waals surface area (Å²) in [5, 5.41) is 0. The van der Waals surface area contributed by atoms with Crippen LogP contribution in [0.2, 0.25) is 0 Å². The topological polar surface area (TPSA) is 68.3 Å². The van der Waals surface area contributed by atoms with Crippen LogP contribution in [0.5, 0.6) is 0 Å². The highest BCUT2D eigenvalue weighted by Crippen LogP contribution is 2.51. The second-order valence-electron chi connectivity index (χ2n) is 10.8. The fraction of sp³-hybridized carbons (Fsp3) is 0.111. The highest BCUT2D eigenvalue weighted by atomic mass is 16.2. The molecule has 4 aromatic carbocycles. The predicted octanol–water partition coefficient (Wildman–Crippen LogP) is 7.31. The monoisotopic (exact) mass is 520 g/mol. The summed E-state index contributed by atoms with van der Waals surface area (Å²) in [6.45, 7) is 4.32. The van der Waals surface area contributed by atoms with Crippen LogP contribution in [0.1, 0.15) is 84.0 Å². The molecule has 3 aliphatic rings. The Hall–Kier alpha value is -4.96. The molecule has 0 N–H and O–H groups in total. The molecule has 0 atom stereocenters. The molecule has 4 nitrogen and oxygen atoms in total. The maximum absolute atomic E-state index is 13.0. The van der Waals surface area contributed by atoms with Crippen LogP contribution >= 0.6 is 0 Å². The van der Waals surface area contributed by atoms with E-state index in [0.717, 1.165) is 39.8 Å². The molecule has 192 valence electrons. The fourth-order valence-corrected chi connectivity index (χ4v) is 6.35. The molecule has 7 rings (SSSR count). The number of carbonyl (C=O) groups is 4. The van der Waals surface area contributed by atoms with E-state index in [1.165, 1.54) is 0 Å². The van der Waals surface area contributed by atoms with E-state index in [4.69, 9.17) is 0 Å². The summed E-state index contributed by atoms with van der Waals surface area (Å²) in [4.78, 5) is 51.9. The smallest absolute Gasteiger partial charge is 0.197 e. The fourth-order valence-electron chi connectivity index (χ4n) is 6.35. The Morgan fingerprint density at radius 3 is 1.20 bits per heavy atom. The van der Waals surface area contributed by atoms with Crippen molar-refractivity contribution < 1.29 is 19.2 Å². The zero-order valence-electron chi connectivity index (χ0n) is 22.1. The minimum Gasteiger partial charge on any atom is -0.288 e. The summed E-state index contributed by atoms with van der Waals surface area (Å²) in [7, 11) is 0. The van der Waals surface area contributed by atoms with Crippen LogP contribution in [0.3, 0.4) is 0 Å². The number of allylic oxidation sites excluding steroid dienone is 2. The number of carbonyl (C=O) groups excluding carboxylic acids is 4. The van der Waals surface area contributed by atoms with Crippen molar-refractivity contribution in [3.63, 3.8) is 0 Å². The molecule has 4 aromatic rings. The summed E-state index contributed by atoms with van der Waals surface area (Å²) in [5.41, 5.74) is 7.94. The summed E-state index contributed by atoms with van der Waals surface area (Å²) in [6.07, 6.45) is 4.23. The minimum absolute atomic E-state index is 0.190. The van der Waals surface area contributed by atoms with E-state index in [1.54, 1.807) is 60.7 Å². The van der Waals surface area contributed by atoms with Gasteiger partial charge in [-0.15, -0.1) is 0 Å². The SMILES string of the molecule is CCC1(C)c2cc(C=C3C(=O)c4ccccc4C3=O)ccc2-c2ccc(C=C3C(=O)c4ccccc4C3=O)cc21. The molecule has 0 amide bonds. The number of hydrogen-bond donors (Lipinski definition) is 0. The van der Waals surface area contributed by atoms with E-state index in [2.05, 4.69) is 38.1 Å². The van der Waals surface area contributed by atoms with Crippen molar-refractivity contribution in [1.82, 2.24) is 0 Å². The lowest BCUT2D eigenvalue weighted by atomic mass is 9.77. The second kappa shape index (κ2) is 8.52. The Bertz CT molecular complexity index is 1710. The first-order valence-corrected chi connectivity index (χ1v) is 13.4. The summed E-state index contributed by atoms with van der Waals surface area (Å²) >= 11 is 0.